The van der Waals surface area contributed by atoms with Crippen LogP contribution >= 0.6 is 11.3 Å². The molecular formula is C14H19NO4S. The number of amides is 1. The van der Waals surface area contributed by atoms with E-state index in [1.807, 2.05) is 13.0 Å². The minimum Gasteiger partial charge on any atom is -0.480 e. The Morgan fingerprint density at radius 2 is 2.20 bits per heavy atom. The molecule has 1 amide bonds. The fraction of sp³-hybridized carbons (Fsp3) is 0.571. The molecule has 2 rings (SSSR count). The molecule has 0 saturated carbocycles. The number of hydrogen-bond acceptors (Lipinski definition) is 4. The first-order valence-electron chi connectivity index (χ1n) is 6.75. The number of thiophene rings is 1. The Balaban J connectivity index is 2.22. The van der Waals surface area contributed by atoms with Crippen molar-refractivity contribution >= 4 is 23.2 Å². The fourth-order valence-electron chi connectivity index (χ4n) is 2.56. The van der Waals surface area contributed by atoms with E-state index in [-0.39, 0.29) is 18.9 Å². The lowest BCUT2D eigenvalue weighted by Crippen LogP contribution is -2.40. The highest BCUT2D eigenvalue weighted by Gasteiger charge is 2.39. The van der Waals surface area contributed by atoms with Crippen LogP contribution in [0, 0.1) is 6.92 Å². The maximum Gasteiger partial charge on any atom is 0.326 e. The Kier molecular flexibility index (Phi) is 4.45. The van der Waals surface area contributed by atoms with Crippen LogP contribution in [0.25, 0.3) is 0 Å². The van der Waals surface area contributed by atoms with Crippen molar-refractivity contribution in [2.45, 2.75) is 45.3 Å². The molecule has 1 aromatic heterocycles. The average Bonchev–Trinajstić information content (AvgIpc) is 2.93. The lowest BCUT2D eigenvalue weighted by molar-refractivity contribution is -0.141. The van der Waals surface area contributed by atoms with Crippen LogP contribution in [0.1, 0.15) is 39.9 Å². The molecule has 110 valence electrons. The molecular weight excluding hydrogens is 278 g/mol. The van der Waals surface area contributed by atoms with Crippen molar-refractivity contribution in [1.82, 2.24) is 4.90 Å². The van der Waals surface area contributed by atoms with Crippen LogP contribution in [0.2, 0.25) is 0 Å². The number of carbonyl (C=O) groups is 2. The summed E-state index contributed by atoms with van der Waals surface area (Å²) in [6.45, 7) is 4.14. The highest BCUT2D eigenvalue weighted by molar-refractivity contribution is 7.14. The highest BCUT2D eigenvalue weighted by atomic mass is 32.1. The van der Waals surface area contributed by atoms with Crippen molar-refractivity contribution in [2.75, 3.05) is 6.54 Å². The maximum absolute atomic E-state index is 12.4. The second-order valence-corrected chi connectivity index (χ2v) is 6.40. The van der Waals surface area contributed by atoms with E-state index in [0.717, 1.165) is 23.3 Å². The monoisotopic (exact) mass is 297 g/mol. The zero-order valence-electron chi connectivity index (χ0n) is 11.6. The van der Waals surface area contributed by atoms with E-state index in [1.165, 1.54) is 16.2 Å². The Morgan fingerprint density at radius 3 is 2.80 bits per heavy atom. The number of β-amino-alcohol motifs (C(OH)–C–C–N with tert-alkyl or cyclic N) is 1. The van der Waals surface area contributed by atoms with Gasteiger partial charge in [-0.15, -0.1) is 11.3 Å². The Bertz CT molecular complexity index is 525. The number of nitrogens with zero attached hydrogens (tertiary/aromatic N) is 1. The number of rotatable bonds is 4. The van der Waals surface area contributed by atoms with Crippen molar-refractivity contribution < 1.29 is 19.8 Å². The van der Waals surface area contributed by atoms with E-state index in [0.29, 0.717) is 4.88 Å². The lowest BCUT2D eigenvalue weighted by Gasteiger charge is -2.20. The van der Waals surface area contributed by atoms with E-state index in [1.54, 1.807) is 0 Å². The van der Waals surface area contributed by atoms with E-state index >= 15 is 0 Å². The van der Waals surface area contributed by atoms with Crippen LogP contribution in [-0.4, -0.2) is 45.7 Å². The second-order valence-electron chi connectivity index (χ2n) is 5.14. The topological polar surface area (TPSA) is 77.8 Å². The highest BCUT2D eigenvalue weighted by Crippen LogP contribution is 2.27. The van der Waals surface area contributed by atoms with Gasteiger partial charge in [0.15, 0.2) is 0 Å². The van der Waals surface area contributed by atoms with Gasteiger partial charge in [-0.25, -0.2) is 4.79 Å². The lowest BCUT2D eigenvalue weighted by atomic mass is 10.1. The van der Waals surface area contributed by atoms with Gasteiger partial charge in [-0.2, -0.15) is 0 Å². The molecule has 0 aliphatic carbocycles. The number of carboxylic acid groups (broad SMARTS) is 1. The van der Waals surface area contributed by atoms with Crippen LogP contribution in [0.5, 0.6) is 0 Å². The summed E-state index contributed by atoms with van der Waals surface area (Å²) in [7, 11) is 0. The first kappa shape index (κ1) is 15.0. The summed E-state index contributed by atoms with van der Waals surface area (Å²) in [6.07, 6.45) is 1.27. The predicted molar refractivity (Wildman–Crippen MR) is 76.1 cm³/mol. The second kappa shape index (κ2) is 5.93. The van der Waals surface area contributed by atoms with Gasteiger partial charge in [0.2, 0.25) is 0 Å². The largest absolute Gasteiger partial charge is 0.480 e. The number of hydrogen-bond donors (Lipinski definition) is 2. The number of aliphatic hydroxyl groups excluding tert-OH is 1. The third-order valence-electron chi connectivity index (χ3n) is 3.58. The van der Waals surface area contributed by atoms with E-state index in [4.69, 9.17) is 5.11 Å². The van der Waals surface area contributed by atoms with E-state index in [9.17, 15) is 14.7 Å². The first-order chi connectivity index (χ1) is 9.43. The standard InChI is InChI=1S/C14H19NO4S/c1-3-4-9-5-12(20-8(9)2)13(17)15-7-10(16)6-11(15)14(18)19/h5,10-11,16H,3-4,6-7H2,1-2H3,(H,18,19). The SMILES string of the molecule is CCCc1cc(C(=O)N2CC(O)CC2C(=O)O)sc1C. The summed E-state index contributed by atoms with van der Waals surface area (Å²) in [5.41, 5.74) is 1.15. The normalized spacial score (nSPS) is 22.2. The van der Waals surface area contributed by atoms with Gasteiger partial charge in [0.1, 0.15) is 6.04 Å². The summed E-state index contributed by atoms with van der Waals surface area (Å²) in [5.74, 6) is -1.35. The summed E-state index contributed by atoms with van der Waals surface area (Å²) in [5, 5.41) is 18.7. The summed E-state index contributed by atoms with van der Waals surface area (Å²) >= 11 is 1.40. The van der Waals surface area contributed by atoms with Crippen LogP contribution in [0.15, 0.2) is 6.07 Å². The Hall–Kier alpha value is -1.40. The van der Waals surface area contributed by atoms with Crippen molar-refractivity contribution in [3.05, 3.63) is 21.4 Å². The molecule has 1 aromatic rings. The van der Waals surface area contributed by atoms with Crippen LogP contribution in [-0.2, 0) is 11.2 Å². The van der Waals surface area contributed by atoms with Gasteiger partial charge in [-0.1, -0.05) is 13.3 Å². The van der Waals surface area contributed by atoms with E-state index < -0.39 is 18.1 Å². The molecule has 2 heterocycles. The minimum absolute atomic E-state index is 0.0931. The average molecular weight is 297 g/mol. The van der Waals surface area contributed by atoms with Gasteiger partial charge < -0.3 is 15.1 Å². The zero-order valence-corrected chi connectivity index (χ0v) is 12.4. The van der Waals surface area contributed by atoms with Gasteiger partial charge in [0.25, 0.3) is 5.91 Å². The molecule has 6 heteroatoms. The molecule has 1 aliphatic heterocycles. The molecule has 1 saturated heterocycles. The van der Waals surface area contributed by atoms with Crippen LogP contribution in [0.4, 0.5) is 0 Å². The first-order valence-corrected chi connectivity index (χ1v) is 7.56. The third-order valence-corrected chi connectivity index (χ3v) is 4.66. The summed E-state index contributed by atoms with van der Waals surface area (Å²) < 4.78 is 0. The molecule has 1 aliphatic rings. The van der Waals surface area contributed by atoms with Gasteiger partial charge in [0, 0.05) is 17.8 Å². The van der Waals surface area contributed by atoms with Gasteiger partial charge >= 0.3 is 5.97 Å². The summed E-state index contributed by atoms with van der Waals surface area (Å²) in [6, 6.07) is 0.935. The number of aliphatic hydroxyl groups is 1. The fourth-order valence-corrected chi connectivity index (χ4v) is 3.58. The molecule has 2 atom stereocenters. The molecule has 0 spiro atoms. The van der Waals surface area contributed by atoms with E-state index in [2.05, 4.69) is 6.92 Å². The number of carboxylic acids is 1. The number of aryl methyl sites for hydroxylation is 2. The van der Waals surface area contributed by atoms with Gasteiger partial charge in [0.05, 0.1) is 11.0 Å². The number of aliphatic carboxylic acids is 1. The van der Waals surface area contributed by atoms with Crippen molar-refractivity contribution in [2.24, 2.45) is 0 Å². The van der Waals surface area contributed by atoms with Gasteiger partial charge in [-0.05, 0) is 25.0 Å². The molecule has 0 aromatic carbocycles. The Morgan fingerprint density at radius 1 is 1.50 bits per heavy atom. The predicted octanol–water partition coefficient (Wildman–Crippen LogP) is 1.67. The number of likely N-dealkylation sites (tertiary alicyclic amines) is 1. The molecule has 2 N–H and O–H groups in total. The van der Waals surface area contributed by atoms with Gasteiger partial charge in [-0.3, -0.25) is 4.79 Å². The van der Waals surface area contributed by atoms with Crippen LogP contribution < -0.4 is 0 Å². The molecule has 1 fully saturated rings. The number of carbonyl (C=O) groups excluding carboxylic acids is 1. The smallest absolute Gasteiger partial charge is 0.326 e. The molecule has 20 heavy (non-hydrogen) atoms. The molecule has 0 bridgehead atoms. The summed E-state index contributed by atoms with van der Waals surface area (Å²) in [4.78, 5) is 26.5. The van der Waals surface area contributed by atoms with Crippen LogP contribution in [0.3, 0.4) is 0 Å². The molecule has 5 nitrogen and oxygen atoms in total. The minimum atomic E-state index is -1.06. The third kappa shape index (κ3) is 2.86. The molecule has 0 radical (unpaired) electrons. The Labute approximate surface area is 121 Å². The van der Waals surface area contributed by atoms with Crippen molar-refractivity contribution in [3.63, 3.8) is 0 Å². The van der Waals surface area contributed by atoms with Crippen molar-refractivity contribution in [1.29, 1.82) is 0 Å². The molecule has 2 unspecified atom stereocenters. The zero-order chi connectivity index (χ0) is 14.9. The quantitative estimate of drug-likeness (QED) is 0.886. The van der Waals surface area contributed by atoms with Crippen molar-refractivity contribution in [3.8, 4) is 0 Å². The maximum atomic E-state index is 12.4.